The van der Waals surface area contributed by atoms with Crippen molar-refractivity contribution in [3.05, 3.63) is 59.4 Å². The van der Waals surface area contributed by atoms with E-state index in [9.17, 15) is 22.4 Å². The molecular weight excluding hydrogens is 397 g/mol. The molecule has 0 radical (unpaired) electrons. The van der Waals surface area contributed by atoms with E-state index in [0.717, 1.165) is 42.4 Å². The lowest BCUT2D eigenvalue weighted by Crippen LogP contribution is -2.33. The summed E-state index contributed by atoms with van der Waals surface area (Å²) in [6.07, 6.45) is 3.33. The average Bonchev–Trinajstić information content (AvgIpc) is 2.94. The second-order valence-electron chi connectivity index (χ2n) is 7.39. The number of rotatable bonds is 4. The molecule has 29 heavy (non-hydrogen) atoms. The molecule has 152 valence electrons. The maximum Gasteiger partial charge on any atom is 0.329 e. The Bertz CT molecular complexity index is 1100. The lowest BCUT2D eigenvalue weighted by Gasteiger charge is -2.27. The zero-order chi connectivity index (χ0) is 20.8. The molecule has 1 aliphatic carbocycles. The van der Waals surface area contributed by atoms with Gasteiger partial charge in [0, 0.05) is 0 Å². The van der Waals surface area contributed by atoms with Crippen molar-refractivity contribution in [1.82, 2.24) is 5.32 Å². The van der Waals surface area contributed by atoms with Gasteiger partial charge in [0.1, 0.15) is 11.9 Å². The van der Waals surface area contributed by atoms with Crippen LogP contribution >= 0.6 is 0 Å². The van der Waals surface area contributed by atoms with Crippen molar-refractivity contribution in [2.45, 2.75) is 42.5 Å². The zero-order valence-corrected chi connectivity index (χ0v) is 16.3. The van der Waals surface area contributed by atoms with Crippen LogP contribution in [0.15, 0.2) is 47.4 Å². The van der Waals surface area contributed by atoms with Crippen molar-refractivity contribution in [3.8, 4) is 0 Å². The van der Waals surface area contributed by atoms with Crippen LogP contribution in [0.25, 0.3) is 0 Å². The molecule has 0 aromatic heterocycles. The number of fused-ring (bicyclic) bond motifs is 1. The van der Waals surface area contributed by atoms with E-state index in [0.29, 0.717) is 6.42 Å². The highest BCUT2D eigenvalue weighted by molar-refractivity contribution is 7.89. The van der Waals surface area contributed by atoms with Crippen LogP contribution in [0.2, 0.25) is 0 Å². The van der Waals surface area contributed by atoms with E-state index in [4.69, 9.17) is 5.14 Å². The number of carbonyl (C=O) groups excluding carboxylic acids is 2. The molecule has 1 heterocycles. The molecule has 0 spiro atoms. The highest BCUT2D eigenvalue weighted by atomic mass is 32.2. The minimum Gasteiger partial charge on any atom is -0.325 e. The first-order valence-corrected chi connectivity index (χ1v) is 10.8. The van der Waals surface area contributed by atoms with Crippen LogP contribution in [0, 0.1) is 5.82 Å². The summed E-state index contributed by atoms with van der Waals surface area (Å²) in [6, 6.07) is 9.29. The summed E-state index contributed by atoms with van der Waals surface area (Å²) >= 11 is 0. The fourth-order valence-corrected chi connectivity index (χ4v) is 4.72. The number of nitrogens with zero attached hydrogens (tertiary/aromatic N) is 1. The van der Waals surface area contributed by atoms with Gasteiger partial charge in [-0.05, 0) is 60.9 Å². The molecule has 7 nitrogen and oxygen atoms in total. The van der Waals surface area contributed by atoms with E-state index in [1.807, 2.05) is 18.2 Å². The first-order chi connectivity index (χ1) is 13.7. The van der Waals surface area contributed by atoms with Crippen LogP contribution in [0.5, 0.6) is 0 Å². The van der Waals surface area contributed by atoms with E-state index >= 15 is 0 Å². The molecule has 3 amide bonds. The number of hydrogen-bond acceptors (Lipinski definition) is 4. The van der Waals surface area contributed by atoms with Crippen LogP contribution in [0.4, 0.5) is 14.9 Å². The number of aryl methyl sites for hydroxylation is 1. The van der Waals surface area contributed by atoms with Gasteiger partial charge < -0.3 is 5.32 Å². The van der Waals surface area contributed by atoms with Crippen LogP contribution in [-0.2, 0) is 21.2 Å². The SMILES string of the molecule is NS(=O)(=O)c1cc(F)cc(N2C(=O)NC(CC3CCCc4ccccc43)C2=O)c1. The lowest BCUT2D eigenvalue weighted by molar-refractivity contribution is -0.118. The quantitative estimate of drug-likeness (QED) is 0.745. The van der Waals surface area contributed by atoms with Crippen LogP contribution in [-0.4, -0.2) is 26.4 Å². The Morgan fingerprint density at radius 3 is 2.69 bits per heavy atom. The van der Waals surface area contributed by atoms with Gasteiger partial charge in [-0.1, -0.05) is 24.3 Å². The Labute approximate surface area is 167 Å². The second-order valence-corrected chi connectivity index (χ2v) is 8.95. The molecule has 1 saturated heterocycles. The number of halogens is 1. The van der Waals surface area contributed by atoms with Crippen molar-refractivity contribution in [2.24, 2.45) is 5.14 Å². The second kappa shape index (κ2) is 7.23. The Balaban J connectivity index is 1.60. The number of sulfonamides is 1. The molecule has 0 saturated carbocycles. The molecule has 2 aromatic carbocycles. The topological polar surface area (TPSA) is 110 Å². The summed E-state index contributed by atoms with van der Waals surface area (Å²) < 4.78 is 37.0. The highest BCUT2D eigenvalue weighted by Gasteiger charge is 2.41. The monoisotopic (exact) mass is 417 g/mol. The molecule has 1 aliphatic heterocycles. The molecule has 2 aromatic rings. The number of nitrogens with one attached hydrogen (secondary N) is 1. The number of amides is 3. The fourth-order valence-electron chi connectivity index (χ4n) is 4.16. The summed E-state index contributed by atoms with van der Waals surface area (Å²) in [4.78, 5) is 25.6. The van der Waals surface area contributed by atoms with Gasteiger partial charge >= 0.3 is 6.03 Å². The molecular formula is C20H20FN3O4S. The van der Waals surface area contributed by atoms with Gasteiger partial charge in [-0.15, -0.1) is 0 Å². The number of anilines is 1. The van der Waals surface area contributed by atoms with Crippen LogP contribution < -0.4 is 15.4 Å². The average molecular weight is 417 g/mol. The lowest BCUT2D eigenvalue weighted by atomic mass is 9.79. The van der Waals surface area contributed by atoms with E-state index in [1.54, 1.807) is 0 Å². The number of carbonyl (C=O) groups is 2. The van der Waals surface area contributed by atoms with Gasteiger partial charge in [-0.3, -0.25) is 4.79 Å². The molecule has 3 N–H and O–H groups in total. The van der Waals surface area contributed by atoms with Gasteiger partial charge in [0.25, 0.3) is 5.91 Å². The Hall–Kier alpha value is -2.78. The molecule has 1 fully saturated rings. The Morgan fingerprint density at radius 1 is 1.17 bits per heavy atom. The molecule has 2 unspecified atom stereocenters. The number of nitrogens with two attached hydrogens (primary N) is 1. The van der Waals surface area contributed by atoms with Gasteiger partial charge in [0.15, 0.2) is 0 Å². The summed E-state index contributed by atoms with van der Waals surface area (Å²) in [5, 5.41) is 7.70. The predicted octanol–water partition coefficient (Wildman–Crippen LogP) is 2.41. The molecule has 0 bridgehead atoms. The number of urea groups is 1. The summed E-state index contributed by atoms with van der Waals surface area (Å²) in [6.45, 7) is 0. The van der Waals surface area contributed by atoms with E-state index < -0.39 is 38.7 Å². The third kappa shape index (κ3) is 3.75. The number of benzene rings is 2. The third-order valence-corrected chi connectivity index (χ3v) is 6.37. The summed E-state index contributed by atoms with van der Waals surface area (Å²) in [7, 11) is -4.19. The standard InChI is InChI=1S/C20H20FN3O4S/c21-14-9-15(11-16(10-14)29(22,27)28)24-19(25)18(23-20(24)26)8-13-6-3-5-12-4-1-2-7-17(12)13/h1-2,4,7,9-11,13,18H,3,5-6,8H2,(H,23,26)(H2,22,27,28). The van der Waals surface area contributed by atoms with Crippen LogP contribution in [0.3, 0.4) is 0 Å². The molecule has 2 aliphatic rings. The maximum atomic E-state index is 13.9. The smallest absolute Gasteiger partial charge is 0.325 e. The molecule has 2 atom stereocenters. The highest BCUT2D eigenvalue weighted by Crippen LogP contribution is 2.36. The zero-order valence-electron chi connectivity index (χ0n) is 15.5. The number of hydrogen-bond donors (Lipinski definition) is 2. The predicted molar refractivity (Wildman–Crippen MR) is 104 cm³/mol. The van der Waals surface area contributed by atoms with Crippen molar-refractivity contribution in [2.75, 3.05) is 4.90 Å². The van der Waals surface area contributed by atoms with Gasteiger partial charge in [-0.25, -0.2) is 27.6 Å². The molecule has 4 rings (SSSR count). The third-order valence-electron chi connectivity index (χ3n) is 5.48. The number of imide groups is 1. The van der Waals surface area contributed by atoms with Gasteiger partial charge in [0.2, 0.25) is 10.0 Å². The van der Waals surface area contributed by atoms with E-state index in [1.165, 1.54) is 11.1 Å². The van der Waals surface area contributed by atoms with Crippen molar-refractivity contribution >= 4 is 27.6 Å². The summed E-state index contributed by atoms with van der Waals surface area (Å²) in [5.74, 6) is -1.32. The van der Waals surface area contributed by atoms with Crippen molar-refractivity contribution in [3.63, 3.8) is 0 Å². The van der Waals surface area contributed by atoms with E-state index in [-0.39, 0.29) is 11.6 Å². The first-order valence-electron chi connectivity index (χ1n) is 9.29. The minimum absolute atomic E-state index is 0.127. The van der Waals surface area contributed by atoms with Crippen molar-refractivity contribution < 1.29 is 22.4 Å². The largest absolute Gasteiger partial charge is 0.329 e. The summed E-state index contributed by atoms with van der Waals surface area (Å²) in [5.41, 5.74) is 2.27. The Morgan fingerprint density at radius 2 is 1.93 bits per heavy atom. The maximum absolute atomic E-state index is 13.9. The normalized spacial score (nSPS) is 21.8. The van der Waals surface area contributed by atoms with E-state index in [2.05, 4.69) is 11.4 Å². The fraction of sp³-hybridized carbons (Fsp3) is 0.300. The number of primary sulfonamides is 1. The first kappa shape index (κ1) is 19.5. The minimum atomic E-state index is -4.19. The van der Waals surface area contributed by atoms with Crippen molar-refractivity contribution in [1.29, 1.82) is 0 Å². The van der Waals surface area contributed by atoms with Crippen LogP contribution in [0.1, 0.15) is 36.3 Å². The van der Waals surface area contributed by atoms with Gasteiger partial charge in [0.05, 0.1) is 10.6 Å². The Kier molecular flexibility index (Phi) is 4.87. The van der Waals surface area contributed by atoms with Gasteiger partial charge in [-0.2, -0.15) is 0 Å². The molecule has 9 heteroatoms.